The predicted molar refractivity (Wildman–Crippen MR) is 80.8 cm³/mol. The van der Waals surface area contributed by atoms with E-state index in [1.807, 2.05) is 26.8 Å². The third-order valence-corrected chi connectivity index (χ3v) is 3.98. The van der Waals surface area contributed by atoms with Crippen LogP contribution in [0.1, 0.15) is 35.4 Å². The monoisotopic (exact) mass is 303 g/mol. The van der Waals surface area contributed by atoms with E-state index in [0.717, 1.165) is 31.0 Å². The van der Waals surface area contributed by atoms with Gasteiger partial charge < -0.3 is 9.64 Å². The summed E-state index contributed by atoms with van der Waals surface area (Å²) in [6, 6.07) is 1.92. The van der Waals surface area contributed by atoms with Crippen molar-refractivity contribution in [3.05, 3.63) is 23.3 Å². The largest absolute Gasteiger partial charge is 0.381 e. The van der Waals surface area contributed by atoms with Crippen molar-refractivity contribution in [2.75, 3.05) is 26.3 Å². The van der Waals surface area contributed by atoms with Crippen molar-refractivity contribution in [2.24, 2.45) is 5.92 Å². The number of nitrogens with zero attached hydrogens (tertiary/aromatic N) is 5. The number of amides is 1. The number of carbonyl (C=O) groups is 1. The summed E-state index contributed by atoms with van der Waals surface area (Å²) in [7, 11) is 0. The maximum Gasteiger partial charge on any atom is 0.293 e. The van der Waals surface area contributed by atoms with Gasteiger partial charge in [-0.3, -0.25) is 4.79 Å². The van der Waals surface area contributed by atoms with Crippen LogP contribution in [0, 0.1) is 19.8 Å². The van der Waals surface area contributed by atoms with Gasteiger partial charge in [0.2, 0.25) is 5.82 Å². The summed E-state index contributed by atoms with van der Waals surface area (Å²) in [6.07, 6.45) is 1.00. The highest BCUT2D eigenvalue weighted by Gasteiger charge is 2.25. The van der Waals surface area contributed by atoms with Gasteiger partial charge >= 0.3 is 0 Å². The molecule has 0 aromatic carbocycles. The molecule has 2 aromatic rings. The number of fused-ring (bicyclic) bond motifs is 1. The molecule has 22 heavy (non-hydrogen) atoms. The Hall–Kier alpha value is -2.02. The second-order valence-electron chi connectivity index (χ2n) is 5.76. The summed E-state index contributed by atoms with van der Waals surface area (Å²) in [4.78, 5) is 23.1. The van der Waals surface area contributed by atoms with E-state index >= 15 is 0 Å². The van der Waals surface area contributed by atoms with Gasteiger partial charge in [0.15, 0.2) is 0 Å². The average molecular weight is 303 g/mol. The highest BCUT2D eigenvalue weighted by Crippen LogP contribution is 2.15. The molecule has 0 saturated carbocycles. The molecule has 1 aliphatic heterocycles. The molecule has 0 radical (unpaired) electrons. The molecule has 0 bridgehead atoms. The van der Waals surface area contributed by atoms with Crippen LogP contribution in [0.5, 0.6) is 0 Å². The minimum absolute atomic E-state index is 0.142. The third kappa shape index (κ3) is 2.81. The van der Waals surface area contributed by atoms with Crippen molar-refractivity contribution < 1.29 is 9.53 Å². The van der Waals surface area contributed by atoms with Crippen LogP contribution >= 0.6 is 0 Å². The summed E-state index contributed by atoms with van der Waals surface area (Å²) in [5, 5.41) is 4.32. The van der Waals surface area contributed by atoms with Crippen LogP contribution in [0.25, 0.3) is 5.78 Å². The molecule has 7 nitrogen and oxygen atoms in total. The lowest BCUT2D eigenvalue weighted by Gasteiger charge is -2.22. The number of aromatic nitrogens is 4. The molecule has 118 valence electrons. The number of rotatable bonds is 4. The van der Waals surface area contributed by atoms with Gasteiger partial charge in [0.25, 0.3) is 11.7 Å². The van der Waals surface area contributed by atoms with Gasteiger partial charge in [0.1, 0.15) is 0 Å². The number of hydrogen-bond donors (Lipinski definition) is 0. The van der Waals surface area contributed by atoms with Crippen molar-refractivity contribution in [1.82, 2.24) is 24.5 Å². The normalized spacial score (nSPS) is 18.0. The molecular formula is C15H21N5O2. The lowest BCUT2D eigenvalue weighted by Crippen LogP contribution is -2.36. The molecule has 7 heteroatoms. The van der Waals surface area contributed by atoms with Crippen LogP contribution in [0.2, 0.25) is 0 Å². The predicted octanol–water partition coefficient (Wildman–Crippen LogP) is 1.24. The summed E-state index contributed by atoms with van der Waals surface area (Å²) in [6.45, 7) is 8.64. The molecule has 3 rings (SSSR count). The van der Waals surface area contributed by atoms with Gasteiger partial charge in [-0.2, -0.15) is 4.98 Å². The Kier molecular flexibility index (Phi) is 4.06. The van der Waals surface area contributed by atoms with E-state index in [2.05, 4.69) is 15.1 Å². The van der Waals surface area contributed by atoms with Crippen molar-refractivity contribution in [3.8, 4) is 0 Å². The zero-order valence-corrected chi connectivity index (χ0v) is 13.2. The average Bonchev–Trinajstić information content (AvgIpc) is 3.12. The van der Waals surface area contributed by atoms with Gasteiger partial charge in [0.05, 0.1) is 6.61 Å². The van der Waals surface area contributed by atoms with E-state index < -0.39 is 0 Å². The lowest BCUT2D eigenvalue weighted by molar-refractivity contribution is 0.0719. The molecule has 1 fully saturated rings. The Morgan fingerprint density at radius 2 is 2.27 bits per heavy atom. The first-order valence-corrected chi connectivity index (χ1v) is 7.66. The van der Waals surface area contributed by atoms with Crippen molar-refractivity contribution in [1.29, 1.82) is 0 Å². The van der Waals surface area contributed by atoms with Gasteiger partial charge in [-0.15, -0.1) is 5.10 Å². The first-order valence-electron chi connectivity index (χ1n) is 7.66. The van der Waals surface area contributed by atoms with E-state index in [1.54, 1.807) is 9.42 Å². The minimum Gasteiger partial charge on any atom is -0.381 e. The molecule has 0 unspecified atom stereocenters. The second kappa shape index (κ2) is 6.00. The van der Waals surface area contributed by atoms with Gasteiger partial charge in [-0.05, 0) is 33.3 Å². The molecule has 0 aliphatic carbocycles. The van der Waals surface area contributed by atoms with Gasteiger partial charge in [-0.1, -0.05) is 0 Å². The Morgan fingerprint density at radius 1 is 1.45 bits per heavy atom. The van der Waals surface area contributed by atoms with E-state index in [4.69, 9.17) is 4.74 Å². The maximum atomic E-state index is 12.6. The number of carbonyl (C=O) groups excluding carboxylic acids is 1. The summed E-state index contributed by atoms with van der Waals surface area (Å²) in [5.41, 5.74) is 1.79. The highest BCUT2D eigenvalue weighted by atomic mass is 16.5. The lowest BCUT2D eigenvalue weighted by atomic mass is 10.1. The number of ether oxygens (including phenoxy) is 1. The van der Waals surface area contributed by atoms with Crippen molar-refractivity contribution in [2.45, 2.75) is 27.2 Å². The highest BCUT2D eigenvalue weighted by molar-refractivity contribution is 5.90. The third-order valence-electron chi connectivity index (χ3n) is 3.98. The summed E-state index contributed by atoms with van der Waals surface area (Å²) in [5.74, 6) is 0.947. The molecule has 0 spiro atoms. The first-order chi connectivity index (χ1) is 10.6. The van der Waals surface area contributed by atoms with E-state index in [9.17, 15) is 4.79 Å². The quantitative estimate of drug-likeness (QED) is 0.849. The van der Waals surface area contributed by atoms with E-state index in [0.29, 0.717) is 24.8 Å². The van der Waals surface area contributed by atoms with E-state index in [-0.39, 0.29) is 11.7 Å². The zero-order chi connectivity index (χ0) is 15.7. The maximum absolute atomic E-state index is 12.6. The molecule has 1 aliphatic rings. The van der Waals surface area contributed by atoms with Crippen LogP contribution in [-0.4, -0.2) is 56.7 Å². The van der Waals surface area contributed by atoms with Gasteiger partial charge in [-0.25, -0.2) is 9.50 Å². The molecule has 1 atom stereocenters. The Labute approximate surface area is 129 Å². The summed E-state index contributed by atoms with van der Waals surface area (Å²) < 4.78 is 7.00. The van der Waals surface area contributed by atoms with Crippen LogP contribution in [0.3, 0.4) is 0 Å². The molecule has 0 N–H and O–H groups in total. The molecule has 2 aromatic heterocycles. The standard InChI is InChI=1S/C15H21N5O2/c1-4-19(8-12-5-6-22-9-12)14(21)13-17-15-16-10(2)7-11(3)20(15)18-13/h7,12H,4-6,8-9H2,1-3H3/t12-/m1/s1. The fourth-order valence-corrected chi connectivity index (χ4v) is 2.79. The fraction of sp³-hybridized carbons (Fsp3) is 0.600. The first kappa shape index (κ1) is 14.9. The molecule has 1 saturated heterocycles. The topological polar surface area (TPSA) is 72.6 Å². The Bertz CT molecular complexity index is 691. The zero-order valence-electron chi connectivity index (χ0n) is 13.2. The summed E-state index contributed by atoms with van der Waals surface area (Å²) >= 11 is 0. The van der Waals surface area contributed by atoms with Crippen molar-refractivity contribution >= 4 is 11.7 Å². The van der Waals surface area contributed by atoms with Crippen LogP contribution in [-0.2, 0) is 4.74 Å². The van der Waals surface area contributed by atoms with Crippen molar-refractivity contribution in [3.63, 3.8) is 0 Å². The van der Waals surface area contributed by atoms with E-state index in [1.165, 1.54) is 0 Å². The minimum atomic E-state index is -0.142. The fourth-order valence-electron chi connectivity index (χ4n) is 2.79. The SMILES string of the molecule is CCN(C[C@H]1CCOC1)C(=O)c1nc2nc(C)cc(C)n2n1. The smallest absolute Gasteiger partial charge is 0.293 e. The van der Waals surface area contributed by atoms with Crippen LogP contribution < -0.4 is 0 Å². The van der Waals surface area contributed by atoms with Gasteiger partial charge in [0, 0.05) is 37.0 Å². The van der Waals surface area contributed by atoms with Crippen LogP contribution in [0.4, 0.5) is 0 Å². The Balaban J connectivity index is 1.85. The second-order valence-corrected chi connectivity index (χ2v) is 5.76. The number of hydrogen-bond acceptors (Lipinski definition) is 5. The molecule has 1 amide bonds. The number of aryl methyl sites for hydroxylation is 2. The van der Waals surface area contributed by atoms with Crippen LogP contribution in [0.15, 0.2) is 6.07 Å². The molecular weight excluding hydrogens is 282 g/mol. The molecule has 3 heterocycles. The Morgan fingerprint density at radius 3 is 2.95 bits per heavy atom.